The Kier molecular flexibility index (Phi) is 3.41. The number of halogens is 1. The zero-order valence-electron chi connectivity index (χ0n) is 10.9. The summed E-state index contributed by atoms with van der Waals surface area (Å²) < 4.78 is 10.6. The first-order valence-corrected chi connectivity index (χ1v) is 6.36. The lowest BCUT2D eigenvalue weighted by atomic mass is 10.2. The van der Waals surface area contributed by atoms with Crippen molar-refractivity contribution in [1.82, 2.24) is 20.1 Å². The lowest BCUT2D eigenvalue weighted by Crippen LogP contribution is -1.97. The van der Waals surface area contributed by atoms with Crippen LogP contribution in [0.5, 0.6) is 11.6 Å². The van der Waals surface area contributed by atoms with E-state index in [1.807, 2.05) is 12.1 Å². The van der Waals surface area contributed by atoms with Gasteiger partial charge in [-0.2, -0.15) is 9.97 Å². The first kappa shape index (κ1) is 13.3. The molecular formula is C13H10ClN5O2. The maximum absolute atomic E-state index is 5.80. The van der Waals surface area contributed by atoms with E-state index in [2.05, 4.69) is 20.1 Å². The molecule has 0 saturated heterocycles. The second-order valence-electron chi connectivity index (χ2n) is 4.15. The summed E-state index contributed by atoms with van der Waals surface area (Å²) in [6, 6.07) is 8.66. The van der Waals surface area contributed by atoms with Crippen LogP contribution in [0.2, 0.25) is 5.15 Å². The lowest BCUT2D eigenvalue weighted by Gasteiger charge is -2.06. The summed E-state index contributed by atoms with van der Waals surface area (Å²) in [4.78, 5) is 11.9. The Hall–Kier alpha value is -2.67. The summed E-state index contributed by atoms with van der Waals surface area (Å²) in [5.41, 5.74) is 6.28. The Morgan fingerprint density at radius 2 is 2.05 bits per heavy atom. The minimum atomic E-state index is 0.0439. The lowest BCUT2D eigenvalue weighted by molar-refractivity contribution is 0.394. The molecule has 0 radical (unpaired) electrons. The number of hydrogen-bond donors (Lipinski definition) is 1. The predicted molar refractivity (Wildman–Crippen MR) is 76.0 cm³/mol. The maximum Gasteiger partial charge on any atom is 0.225 e. The SMILES string of the molecule is Cc1nc(-c2cccc(Oc3cc(Cl)nc(N)n3)c2)no1. The summed E-state index contributed by atoms with van der Waals surface area (Å²) in [7, 11) is 0. The van der Waals surface area contributed by atoms with Crippen molar-refractivity contribution >= 4 is 17.5 Å². The third-order valence-corrected chi connectivity index (χ3v) is 2.72. The number of benzene rings is 1. The van der Waals surface area contributed by atoms with Gasteiger partial charge >= 0.3 is 0 Å². The van der Waals surface area contributed by atoms with Crippen LogP contribution >= 0.6 is 11.6 Å². The fourth-order valence-electron chi connectivity index (χ4n) is 1.70. The van der Waals surface area contributed by atoms with Crippen LogP contribution in [-0.4, -0.2) is 20.1 Å². The number of nitrogens with zero attached hydrogens (tertiary/aromatic N) is 4. The second-order valence-corrected chi connectivity index (χ2v) is 4.54. The van der Waals surface area contributed by atoms with E-state index in [1.54, 1.807) is 19.1 Å². The average molecular weight is 304 g/mol. The summed E-state index contributed by atoms with van der Waals surface area (Å²) in [6.07, 6.45) is 0. The van der Waals surface area contributed by atoms with Crippen LogP contribution in [0.15, 0.2) is 34.9 Å². The van der Waals surface area contributed by atoms with Gasteiger partial charge in [0.1, 0.15) is 10.9 Å². The van der Waals surface area contributed by atoms with E-state index in [1.165, 1.54) is 6.07 Å². The molecule has 106 valence electrons. The van der Waals surface area contributed by atoms with Crippen molar-refractivity contribution in [1.29, 1.82) is 0 Å². The zero-order chi connectivity index (χ0) is 14.8. The Bertz CT molecular complexity index is 769. The molecule has 0 saturated carbocycles. The van der Waals surface area contributed by atoms with Crippen LogP contribution in [-0.2, 0) is 0 Å². The van der Waals surface area contributed by atoms with Crippen LogP contribution in [0.1, 0.15) is 5.89 Å². The van der Waals surface area contributed by atoms with Crippen molar-refractivity contribution < 1.29 is 9.26 Å². The van der Waals surface area contributed by atoms with Gasteiger partial charge in [0.2, 0.25) is 23.5 Å². The summed E-state index contributed by atoms with van der Waals surface area (Å²) in [5.74, 6) is 1.82. The molecule has 0 amide bonds. The molecule has 1 aromatic carbocycles. The molecule has 0 atom stereocenters. The number of anilines is 1. The van der Waals surface area contributed by atoms with E-state index in [9.17, 15) is 0 Å². The third kappa shape index (κ3) is 3.09. The highest BCUT2D eigenvalue weighted by molar-refractivity contribution is 6.29. The zero-order valence-corrected chi connectivity index (χ0v) is 11.7. The Morgan fingerprint density at radius 1 is 1.19 bits per heavy atom. The standard InChI is InChI=1S/C13H10ClN5O2/c1-7-16-12(19-21-7)8-3-2-4-9(5-8)20-11-6-10(14)17-13(15)18-11/h2-6H,1H3,(H2,15,17,18). The fraction of sp³-hybridized carbons (Fsp3) is 0.0769. The Morgan fingerprint density at radius 3 is 2.76 bits per heavy atom. The topological polar surface area (TPSA) is 100.0 Å². The van der Waals surface area contributed by atoms with Crippen molar-refractivity contribution in [3.05, 3.63) is 41.4 Å². The van der Waals surface area contributed by atoms with Gasteiger partial charge in [0.05, 0.1) is 0 Å². The van der Waals surface area contributed by atoms with Crippen LogP contribution in [0.25, 0.3) is 11.4 Å². The van der Waals surface area contributed by atoms with Gasteiger partial charge in [-0.05, 0) is 12.1 Å². The molecular weight excluding hydrogens is 294 g/mol. The van der Waals surface area contributed by atoms with Crippen LogP contribution in [0.4, 0.5) is 5.95 Å². The molecule has 21 heavy (non-hydrogen) atoms. The van der Waals surface area contributed by atoms with Crippen LogP contribution in [0, 0.1) is 6.92 Å². The number of nitrogens with two attached hydrogens (primary N) is 1. The quantitative estimate of drug-likeness (QED) is 0.742. The number of ether oxygens (including phenoxy) is 1. The van der Waals surface area contributed by atoms with Gasteiger partial charge in [-0.15, -0.1) is 0 Å². The molecule has 7 nitrogen and oxygen atoms in total. The minimum Gasteiger partial charge on any atom is -0.439 e. The third-order valence-electron chi connectivity index (χ3n) is 2.53. The molecule has 0 bridgehead atoms. The van der Waals surface area contributed by atoms with Gasteiger partial charge in [-0.1, -0.05) is 28.9 Å². The fourth-order valence-corrected chi connectivity index (χ4v) is 1.88. The Labute approximate surface area is 124 Å². The second kappa shape index (κ2) is 5.37. The molecule has 0 aliphatic rings. The molecule has 0 fully saturated rings. The van der Waals surface area contributed by atoms with Crippen molar-refractivity contribution in [2.45, 2.75) is 6.92 Å². The average Bonchev–Trinajstić information content (AvgIpc) is 2.84. The molecule has 0 aliphatic heterocycles. The minimum absolute atomic E-state index is 0.0439. The molecule has 0 spiro atoms. The molecule has 2 heterocycles. The van der Waals surface area contributed by atoms with E-state index in [0.717, 1.165) is 5.56 Å². The Balaban J connectivity index is 1.89. The van der Waals surface area contributed by atoms with Crippen molar-refractivity contribution in [3.63, 3.8) is 0 Å². The molecule has 3 rings (SSSR count). The largest absolute Gasteiger partial charge is 0.439 e. The summed E-state index contributed by atoms with van der Waals surface area (Å²) >= 11 is 5.80. The van der Waals surface area contributed by atoms with E-state index in [-0.39, 0.29) is 17.0 Å². The molecule has 2 aromatic heterocycles. The molecule has 8 heteroatoms. The highest BCUT2D eigenvalue weighted by atomic mass is 35.5. The van der Waals surface area contributed by atoms with Gasteiger partial charge < -0.3 is 15.0 Å². The van der Waals surface area contributed by atoms with Gasteiger partial charge in [-0.25, -0.2) is 4.98 Å². The van der Waals surface area contributed by atoms with Gasteiger partial charge in [0, 0.05) is 18.6 Å². The van der Waals surface area contributed by atoms with E-state index < -0.39 is 0 Å². The predicted octanol–water partition coefficient (Wildman–Crippen LogP) is 2.86. The summed E-state index contributed by atoms with van der Waals surface area (Å²) in [5, 5.41) is 4.06. The van der Waals surface area contributed by atoms with Crippen LogP contribution in [0.3, 0.4) is 0 Å². The number of hydrogen-bond acceptors (Lipinski definition) is 7. The number of rotatable bonds is 3. The van der Waals surface area contributed by atoms with Crippen molar-refractivity contribution in [3.8, 4) is 23.0 Å². The molecule has 3 aromatic rings. The maximum atomic E-state index is 5.80. The first-order chi connectivity index (χ1) is 10.1. The molecule has 0 unspecified atom stereocenters. The molecule has 2 N–H and O–H groups in total. The van der Waals surface area contributed by atoms with Crippen molar-refractivity contribution in [2.75, 3.05) is 5.73 Å². The molecule has 0 aliphatic carbocycles. The highest BCUT2D eigenvalue weighted by Crippen LogP contribution is 2.26. The number of aromatic nitrogens is 4. The number of aryl methyl sites for hydroxylation is 1. The number of nitrogen functional groups attached to an aromatic ring is 1. The summed E-state index contributed by atoms with van der Waals surface area (Å²) in [6.45, 7) is 1.72. The smallest absolute Gasteiger partial charge is 0.225 e. The van der Waals surface area contributed by atoms with Gasteiger partial charge in [-0.3, -0.25) is 0 Å². The van der Waals surface area contributed by atoms with E-state index in [0.29, 0.717) is 17.5 Å². The highest BCUT2D eigenvalue weighted by Gasteiger charge is 2.08. The van der Waals surface area contributed by atoms with Crippen LogP contribution < -0.4 is 10.5 Å². The van der Waals surface area contributed by atoms with Crippen molar-refractivity contribution in [2.24, 2.45) is 0 Å². The monoisotopic (exact) mass is 303 g/mol. The van der Waals surface area contributed by atoms with E-state index >= 15 is 0 Å². The first-order valence-electron chi connectivity index (χ1n) is 5.99. The van der Waals surface area contributed by atoms with E-state index in [4.69, 9.17) is 26.6 Å². The normalized spacial score (nSPS) is 10.6. The van der Waals surface area contributed by atoms with Gasteiger partial charge in [0.15, 0.2) is 0 Å². The van der Waals surface area contributed by atoms with Gasteiger partial charge in [0.25, 0.3) is 0 Å².